The second kappa shape index (κ2) is 6.50. The number of rotatable bonds is 5. The highest BCUT2D eigenvalue weighted by atomic mass is 35.5. The molecule has 0 spiro atoms. The number of aliphatic carboxylic acids is 1. The summed E-state index contributed by atoms with van der Waals surface area (Å²) in [7, 11) is 0. The van der Waals surface area contributed by atoms with E-state index in [0.717, 1.165) is 0 Å². The lowest BCUT2D eigenvalue weighted by Gasteiger charge is -2.33. The van der Waals surface area contributed by atoms with Crippen LogP contribution in [0, 0.1) is 5.41 Å². The molecule has 0 heterocycles. The quantitative estimate of drug-likeness (QED) is 0.783. The minimum Gasteiger partial charge on any atom is -0.481 e. The fourth-order valence-corrected chi connectivity index (χ4v) is 1.89. The molecule has 0 amide bonds. The minimum atomic E-state index is -4.82. The summed E-state index contributed by atoms with van der Waals surface area (Å²) in [6.07, 6.45) is -5.97. The van der Waals surface area contributed by atoms with Crippen molar-refractivity contribution < 1.29 is 28.5 Å². The van der Waals surface area contributed by atoms with Gasteiger partial charge in [0.15, 0.2) is 0 Å². The lowest BCUT2D eigenvalue weighted by Crippen LogP contribution is -2.40. The van der Waals surface area contributed by atoms with Gasteiger partial charge in [-0.15, -0.1) is 11.6 Å². The molecular weight excluding hydrogens is 319 g/mol. The van der Waals surface area contributed by atoms with Crippen LogP contribution in [0.15, 0.2) is 0 Å². The molecule has 0 rings (SSSR count). The first-order valence-corrected chi connectivity index (χ1v) is 5.79. The monoisotopic (exact) mass is 332 g/mol. The third-order valence-corrected chi connectivity index (χ3v) is 3.79. The van der Waals surface area contributed by atoms with Crippen molar-refractivity contribution in [1.82, 2.24) is 0 Å². The van der Waals surface area contributed by atoms with Gasteiger partial charge in [-0.05, 0) is 5.41 Å². The Morgan fingerprint density at radius 2 is 1.67 bits per heavy atom. The maximum absolute atomic E-state index is 12.4. The number of hydrogen-bond acceptors (Lipinski definition) is 1. The molecule has 0 bridgehead atoms. The number of alkyl halides is 6. The van der Waals surface area contributed by atoms with E-state index in [4.69, 9.17) is 39.9 Å². The van der Waals surface area contributed by atoms with Crippen molar-refractivity contribution >= 4 is 40.8 Å². The second-order valence-corrected chi connectivity index (χ2v) is 6.44. The Morgan fingerprint density at radius 1 is 1.28 bits per heavy atom. The normalized spacial score (nSPS) is 14.9. The molecule has 0 saturated heterocycles. The van der Waals surface area contributed by atoms with Crippen molar-refractivity contribution in [2.24, 2.45) is 5.41 Å². The van der Waals surface area contributed by atoms with Crippen LogP contribution in [0.3, 0.4) is 0 Å². The van der Waals surface area contributed by atoms with Crippen LogP contribution in [0.25, 0.3) is 0 Å². The summed E-state index contributed by atoms with van der Waals surface area (Å²) in [4.78, 5) is 10.5. The maximum Gasteiger partial charge on any atom is 0.421 e. The van der Waals surface area contributed by atoms with E-state index < -0.39 is 33.7 Å². The summed E-state index contributed by atoms with van der Waals surface area (Å²) in [5, 5.41) is 7.49. The average molecular weight is 334 g/mol. The molecule has 0 aliphatic rings. The zero-order valence-corrected chi connectivity index (χ0v) is 11.9. The molecule has 0 aromatic carbocycles. The highest BCUT2D eigenvalue weighted by molar-refractivity contribution is 6.49. The summed E-state index contributed by atoms with van der Waals surface area (Å²) in [5.74, 6) is -1.15. The summed E-state index contributed by atoms with van der Waals surface area (Å²) < 4.78 is 34.2. The fourth-order valence-electron chi connectivity index (χ4n) is 1.12. The maximum atomic E-state index is 12.4. The standard InChI is InChI=1S/C9H12Cl3F3O2.H2O/c1-7(2,4-6(16)17)5(10)3-8(11,12)9(13,14)15;/h5H,3-4H2,1-2H3,(H,16,17);1H2. The van der Waals surface area contributed by atoms with Crippen molar-refractivity contribution in [3.05, 3.63) is 0 Å². The van der Waals surface area contributed by atoms with Crippen molar-refractivity contribution in [2.75, 3.05) is 0 Å². The number of halogens is 6. The Morgan fingerprint density at radius 3 is 1.94 bits per heavy atom. The Labute approximate surface area is 118 Å². The van der Waals surface area contributed by atoms with Gasteiger partial charge in [0.1, 0.15) is 0 Å². The van der Waals surface area contributed by atoms with Gasteiger partial charge >= 0.3 is 12.1 Å². The molecule has 0 saturated carbocycles. The van der Waals surface area contributed by atoms with E-state index in [0.29, 0.717) is 0 Å². The topological polar surface area (TPSA) is 68.8 Å². The fraction of sp³-hybridized carbons (Fsp3) is 0.889. The van der Waals surface area contributed by atoms with E-state index in [9.17, 15) is 18.0 Å². The van der Waals surface area contributed by atoms with E-state index in [1.165, 1.54) is 13.8 Å². The van der Waals surface area contributed by atoms with Gasteiger partial charge in [-0.3, -0.25) is 4.79 Å². The van der Waals surface area contributed by atoms with E-state index in [1.807, 2.05) is 0 Å². The van der Waals surface area contributed by atoms with Gasteiger partial charge in [-0.25, -0.2) is 0 Å². The van der Waals surface area contributed by atoms with E-state index in [2.05, 4.69) is 0 Å². The van der Waals surface area contributed by atoms with Gasteiger partial charge < -0.3 is 10.6 Å². The van der Waals surface area contributed by atoms with Crippen molar-refractivity contribution in [3.8, 4) is 0 Å². The molecule has 1 unspecified atom stereocenters. The molecule has 3 N–H and O–H groups in total. The van der Waals surface area contributed by atoms with Crippen LogP contribution in [0.1, 0.15) is 26.7 Å². The Balaban J connectivity index is 0. The third-order valence-electron chi connectivity index (χ3n) is 2.31. The highest BCUT2D eigenvalue weighted by Gasteiger charge is 2.54. The second-order valence-electron chi connectivity index (χ2n) is 4.43. The molecule has 0 aliphatic carbocycles. The molecular formula is C9H14Cl3F3O3. The molecule has 1 atom stereocenters. The molecule has 0 fully saturated rings. The number of carboxylic acid groups (broad SMARTS) is 1. The predicted molar refractivity (Wildman–Crippen MR) is 64.4 cm³/mol. The third kappa shape index (κ3) is 5.82. The molecule has 0 aromatic rings. The van der Waals surface area contributed by atoms with Crippen LogP contribution < -0.4 is 0 Å². The minimum absolute atomic E-state index is 0. The SMILES string of the molecule is CC(C)(CC(=O)O)C(Cl)CC(Cl)(Cl)C(F)(F)F.O. The zero-order chi connectivity index (χ0) is 14.1. The van der Waals surface area contributed by atoms with Crippen LogP contribution in [0.5, 0.6) is 0 Å². The molecule has 0 aromatic heterocycles. The molecule has 0 radical (unpaired) electrons. The smallest absolute Gasteiger partial charge is 0.421 e. The van der Waals surface area contributed by atoms with E-state index in [-0.39, 0.29) is 11.9 Å². The van der Waals surface area contributed by atoms with Crippen LogP contribution in [0.4, 0.5) is 13.2 Å². The number of carboxylic acids is 1. The lowest BCUT2D eigenvalue weighted by atomic mass is 9.83. The van der Waals surface area contributed by atoms with Crippen LogP contribution in [0.2, 0.25) is 0 Å². The molecule has 3 nitrogen and oxygen atoms in total. The molecule has 110 valence electrons. The van der Waals surface area contributed by atoms with Crippen molar-refractivity contribution in [2.45, 2.75) is 42.6 Å². The average Bonchev–Trinajstić information content (AvgIpc) is 1.97. The van der Waals surface area contributed by atoms with Crippen molar-refractivity contribution in [3.63, 3.8) is 0 Å². The number of carbonyl (C=O) groups is 1. The molecule has 0 aliphatic heterocycles. The Kier molecular flexibility index (Phi) is 7.37. The Bertz CT molecular complexity index is 293. The van der Waals surface area contributed by atoms with Crippen LogP contribution in [-0.4, -0.2) is 32.4 Å². The highest BCUT2D eigenvalue weighted by Crippen LogP contribution is 2.47. The summed E-state index contributed by atoms with van der Waals surface area (Å²) in [6, 6.07) is 0. The summed E-state index contributed by atoms with van der Waals surface area (Å²) in [5.41, 5.74) is -1.05. The first-order valence-electron chi connectivity index (χ1n) is 4.60. The van der Waals surface area contributed by atoms with Gasteiger partial charge in [0, 0.05) is 11.8 Å². The van der Waals surface area contributed by atoms with Gasteiger partial charge in [0.25, 0.3) is 0 Å². The Hall–Kier alpha value is 0.0900. The van der Waals surface area contributed by atoms with Gasteiger partial charge in [0.05, 0.1) is 6.42 Å². The summed E-state index contributed by atoms with van der Waals surface area (Å²) >= 11 is 16.1. The largest absolute Gasteiger partial charge is 0.481 e. The van der Waals surface area contributed by atoms with Crippen molar-refractivity contribution in [1.29, 1.82) is 0 Å². The van der Waals surface area contributed by atoms with Gasteiger partial charge in [-0.1, -0.05) is 37.0 Å². The van der Waals surface area contributed by atoms with Crippen LogP contribution in [-0.2, 0) is 4.79 Å². The lowest BCUT2D eigenvalue weighted by molar-refractivity contribution is -0.144. The van der Waals surface area contributed by atoms with E-state index >= 15 is 0 Å². The van der Waals surface area contributed by atoms with Gasteiger partial charge in [0.2, 0.25) is 4.33 Å². The first-order chi connectivity index (χ1) is 7.29. The zero-order valence-electron chi connectivity index (χ0n) is 9.61. The molecule has 9 heteroatoms. The van der Waals surface area contributed by atoms with E-state index in [1.54, 1.807) is 0 Å². The van der Waals surface area contributed by atoms with Gasteiger partial charge in [-0.2, -0.15) is 13.2 Å². The first kappa shape index (κ1) is 20.4. The van der Waals surface area contributed by atoms with Crippen LogP contribution >= 0.6 is 34.8 Å². The molecule has 18 heavy (non-hydrogen) atoms. The number of hydrogen-bond donors (Lipinski definition) is 1. The predicted octanol–water partition coefficient (Wildman–Crippen LogP) is 3.40. The summed E-state index contributed by atoms with van der Waals surface area (Å²) in [6.45, 7) is 2.89.